The quantitative estimate of drug-likeness (QED) is 0.115. The number of rotatable bonds is 12. The second-order valence-electron chi connectivity index (χ2n) is 15.5. The van der Waals surface area contributed by atoms with Crippen molar-refractivity contribution in [3.05, 3.63) is 182 Å². The lowest BCUT2D eigenvalue weighted by Gasteiger charge is -2.30. The van der Waals surface area contributed by atoms with Crippen molar-refractivity contribution in [2.75, 3.05) is 12.3 Å². The van der Waals surface area contributed by atoms with E-state index in [4.69, 9.17) is 0 Å². The van der Waals surface area contributed by atoms with Gasteiger partial charge in [0, 0.05) is 33.4 Å². The van der Waals surface area contributed by atoms with Crippen LogP contribution in [-0.4, -0.2) is 35.0 Å². The molecule has 0 radical (unpaired) electrons. The van der Waals surface area contributed by atoms with Gasteiger partial charge in [0.05, 0.1) is 0 Å². The summed E-state index contributed by atoms with van der Waals surface area (Å²) in [5.41, 5.74) is 1.64. The topological polar surface area (TPSA) is 34.1 Å². The summed E-state index contributed by atoms with van der Waals surface area (Å²) in [6.45, 7) is 4.59. The van der Waals surface area contributed by atoms with Crippen LogP contribution in [0.25, 0.3) is 0 Å². The molecule has 56 heavy (non-hydrogen) atoms. The summed E-state index contributed by atoms with van der Waals surface area (Å²) in [5.74, 6) is 0. The number of hydrogen-bond acceptors (Lipinski definition) is 2. The molecule has 2 heterocycles. The van der Waals surface area contributed by atoms with Gasteiger partial charge in [0.25, 0.3) is 0 Å². The van der Waals surface area contributed by atoms with Crippen molar-refractivity contribution in [3.8, 4) is 0 Å². The summed E-state index contributed by atoms with van der Waals surface area (Å²) in [6, 6.07) is 63.4. The van der Waals surface area contributed by atoms with Gasteiger partial charge < -0.3 is 9.13 Å². The first-order valence-corrected chi connectivity index (χ1v) is 27.2. The minimum Gasteiger partial charge on any atom is -0.318 e. The van der Waals surface area contributed by atoms with E-state index >= 15 is 0 Å². The highest BCUT2D eigenvalue weighted by molar-refractivity contribution is 7.79. The van der Waals surface area contributed by atoms with Gasteiger partial charge in [0.2, 0.25) is 0 Å². The lowest BCUT2D eigenvalue weighted by Crippen LogP contribution is -2.27. The summed E-state index contributed by atoms with van der Waals surface area (Å²) in [7, 11) is -5.59. The van der Waals surface area contributed by atoms with Crippen LogP contribution in [0.3, 0.4) is 0 Å². The summed E-state index contributed by atoms with van der Waals surface area (Å²) in [5, 5.41) is 7.44. The van der Waals surface area contributed by atoms with E-state index in [-0.39, 0.29) is 27.2 Å². The van der Waals surface area contributed by atoms with Crippen molar-refractivity contribution in [2.24, 2.45) is 0 Å². The zero-order valence-corrected chi connectivity index (χ0v) is 36.5. The Bertz CT molecular complexity index is 2080. The van der Waals surface area contributed by atoms with Crippen molar-refractivity contribution >= 4 is 62.0 Å². The fraction of sp³-hybridized carbons (Fsp3) is 0.280. The predicted octanol–water partition coefficient (Wildman–Crippen LogP) is 11.5. The van der Waals surface area contributed by atoms with E-state index in [9.17, 15) is 9.13 Å². The first-order chi connectivity index (χ1) is 27.4. The van der Waals surface area contributed by atoms with E-state index in [1.807, 2.05) is 91.0 Å². The molecule has 0 N–H and O–H groups in total. The first kappa shape index (κ1) is 40.8. The van der Waals surface area contributed by atoms with Crippen molar-refractivity contribution in [3.63, 3.8) is 0 Å². The molecule has 2 nitrogen and oxygen atoms in total. The summed E-state index contributed by atoms with van der Waals surface area (Å²) in [6.07, 6.45) is 9.05. The van der Waals surface area contributed by atoms with Gasteiger partial charge in [-0.1, -0.05) is 204 Å². The van der Waals surface area contributed by atoms with Crippen LogP contribution < -0.4 is 31.8 Å². The lowest BCUT2D eigenvalue weighted by molar-refractivity contribution is 0.560. The highest BCUT2D eigenvalue weighted by Gasteiger charge is 2.43. The largest absolute Gasteiger partial charge is 0.318 e. The van der Waals surface area contributed by atoms with Crippen molar-refractivity contribution in [1.82, 2.24) is 0 Å². The molecule has 6 atom stereocenters. The highest BCUT2D eigenvalue weighted by atomic mass is 31.2. The van der Waals surface area contributed by atoms with Crippen LogP contribution in [0, 0.1) is 0 Å². The van der Waals surface area contributed by atoms with Gasteiger partial charge in [0.1, 0.15) is 14.3 Å². The molecule has 8 rings (SSSR count). The maximum Gasteiger partial charge on any atom is 0.145 e. The van der Waals surface area contributed by atoms with Crippen LogP contribution in [0.4, 0.5) is 0 Å². The van der Waals surface area contributed by atoms with Gasteiger partial charge in [0.15, 0.2) is 0 Å². The minimum atomic E-state index is -2.84. The lowest BCUT2D eigenvalue weighted by atomic mass is 10.2. The normalized spacial score (nSPS) is 21.9. The Hall–Kier alpha value is -3.36. The molecule has 6 heteroatoms. The van der Waals surface area contributed by atoms with E-state index in [0.29, 0.717) is 5.66 Å². The Kier molecular flexibility index (Phi) is 14.1. The number of benzene rings is 6. The summed E-state index contributed by atoms with van der Waals surface area (Å²) >= 11 is 0. The molecule has 0 aliphatic carbocycles. The van der Waals surface area contributed by atoms with E-state index in [2.05, 4.69) is 105 Å². The van der Waals surface area contributed by atoms with Crippen LogP contribution in [0.2, 0.25) is 0 Å². The molecular formula is C50H56O2P4. The zero-order chi connectivity index (χ0) is 38.8. The minimum absolute atomic E-state index is 0.0116. The molecule has 0 aromatic heterocycles. The van der Waals surface area contributed by atoms with Crippen LogP contribution >= 0.6 is 30.1 Å². The van der Waals surface area contributed by atoms with Crippen molar-refractivity contribution in [1.29, 1.82) is 0 Å². The first-order valence-electron chi connectivity index (χ1n) is 20.4. The third-order valence-corrected chi connectivity index (χ3v) is 25.2. The highest BCUT2D eigenvalue weighted by Crippen LogP contribution is 2.61. The molecule has 6 aromatic carbocycles. The Balaban J connectivity index is 0.000000172. The van der Waals surface area contributed by atoms with Crippen molar-refractivity contribution < 1.29 is 9.13 Å². The molecule has 2 saturated heterocycles. The Morgan fingerprint density at radius 1 is 0.607 bits per heavy atom. The van der Waals surface area contributed by atoms with Gasteiger partial charge in [-0.3, -0.25) is 0 Å². The molecule has 0 bridgehead atoms. The molecule has 0 unspecified atom stereocenters. The van der Waals surface area contributed by atoms with Crippen LogP contribution in [-0.2, 0) is 9.13 Å². The third-order valence-electron chi connectivity index (χ3n) is 11.9. The third kappa shape index (κ3) is 9.33. The smallest absolute Gasteiger partial charge is 0.145 e. The predicted molar refractivity (Wildman–Crippen MR) is 249 cm³/mol. The molecule has 6 aromatic rings. The maximum atomic E-state index is 14.6. The fourth-order valence-electron chi connectivity index (χ4n) is 9.13. The second kappa shape index (κ2) is 19.4. The molecule has 0 spiro atoms. The SMILES string of the molecule is C[C@H](C[C@H]1CCC[P@@]1(=O)c1ccccc1)P(=O)(c1ccccc1)c1ccccc1.C[C@H](C[C@H]1CCC[P@]1c1ccccc1)P(c1ccccc1)c1ccccc1. The van der Waals surface area contributed by atoms with E-state index in [1.54, 1.807) is 5.30 Å². The molecule has 2 fully saturated rings. The molecule has 2 aliphatic heterocycles. The van der Waals surface area contributed by atoms with Crippen LogP contribution in [0.5, 0.6) is 0 Å². The second-order valence-corrected chi connectivity index (χ2v) is 27.3. The van der Waals surface area contributed by atoms with E-state index < -0.39 is 14.3 Å². The van der Waals surface area contributed by atoms with Crippen LogP contribution in [0.1, 0.15) is 52.4 Å². The van der Waals surface area contributed by atoms with Crippen LogP contribution in [0.15, 0.2) is 182 Å². The fourth-order valence-corrected chi connectivity index (χ4v) is 22.2. The zero-order valence-electron chi connectivity index (χ0n) is 32.9. The summed E-state index contributed by atoms with van der Waals surface area (Å²) in [4.78, 5) is 0. The Morgan fingerprint density at radius 3 is 1.59 bits per heavy atom. The maximum absolute atomic E-state index is 14.6. The molecule has 0 saturated carbocycles. The monoisotopic (exact) mass is 812 g/mol. The standard InChI is InChI=1S/C25H28O2P2.C25H28P2/c1-21(20-25-18-11-19-28(25,26)22-12-5-2-6-13-22)29(27,23-14-7-3-8-15-23)24-16-9-4-10-17-24;1-21(20-25-18-11-19-26(25)22-12-5-2-6-13-22)27(23-14-7-3-8-15-23)24-16-9-4-10-17-24/h2-10,12-17,21,25H,11,18-20H2,1H3;2-10,12-17,21,25H,11,18-20H2,1H3/t21-,25-,28-;21-,25-,26-/m11/s1. The average Bonchev–Trinajstić information content (AvgIpc) is 3.89. The summed E-state index contributed by atoms with van der Waals surface area (Å²) < 4.78 is 28.6. The molecule has 2 aliphatic rings. The average molecular weight is 813 g/mol. The van der Waals surface area contributed by atoms with Gasteiger partial charge in [-0.2, -0.15) is 0 Å². The molecule has 0 amide bonds. The van der Waals surface area contributed by atoms with Gasteiger partial charge >= 0.3 is 0 Å². The van der Waals surface area contributed by atoms with E-state index in [1.165, 1.54) is 36.0 Å². The molecular weight excluding hydrogens is 756 g/mol. The molecule has 288 valence electrons. The Labute approximate surface area is 338 Å². The Morgan fingerprint density at radius 2 is 1.07 bits per heavy atom. The van der Waals surface area contributed by atoms with Crippen molar-refractivity contribution in [2.45, 2.75) is 75.0 Å². The number of hydrogen-bond donors (Lipinski definition) is 0. The van der Waals surface area contributed by atoms with Gasteiger partial charge in [-0.25, -0.2) is 0 Å². The van der Waals surface area contributed by atoms with Gasteiger partial charge in [-0.15, -0.1) is 0 Å². The van der Waals surface area contributed by atoms with E-state index in [0.717, 1.165) is 47.0 Å². The van der Waals surface area contributed by atoms with Gasteiger partial charge in [-0.05, 0) is 79.8 Å².